The molecule has 2 N–H and O–H groups in total. The van der Waals surface area contributed by atoms with Crippen LogP contribution in [-0.4, -0.2) is 10.2 Å². The first-order valence-electron chi connectivity index (χ1n) is 6.06. The van der Waals surface area contributed by atoms with E-state index in [4.69, 9.17) is 5.73 Å². The quantitative estimate of drug-likeness (QED) is 0.926. The Morgan fingerprint density at radius 2 is 1.89 bits per heavy atom. The van der Waals surface area contributed by atoms with Gasteiger partial charge in [0.1, 0.15) is 0 Å². The fourth-order valence-electron chi connectivity index (χ4n) is 1.96. The minimum Gasteiger partial charge on any atom is -0.320 e. The summed E-state index contributed by atoms with van der Waals surface area (Å²) in [4.78, 5) is 0. The average Bonchev–Trinajstić information content (AvgIpc) is 2.41. The van der Waals surface area contributed by atoms with E-state index in [-0.39, 0.29) is 0 Å². The smallest absolute Gasteiger partial charge is 0.159 e. The maximum atomic E-state index is 13.3. The van der Waals surface area contributed by atoms with E-state index in [1.54, 1.807) is 0 Å². The molecule has 2 aromatic rings. The third kappa shape index (κ3) is 2.76. The predicted molar refractivity (Wildman–Crippen MR) is 68.5 cm³/mol. The minimum atomic E-state index is -0.898. The molecule has 0 saturated carbocycles. The van der Waals surface area contributed by atoms with Gasteiger partial charge in [-0.05, 0) is 42.7 Å². The summed E-state index contributed by atoms with van der Waals surface area (Å²) in [6.07, 6.45) is 0.681. The Labute approximate surface area is 110 Å². The van der Waals surface area contributed by atoms with Crippen molar-refractivity contribution in [2.45, 2.75) is 26.3 Å². The van der Waals surface area contributed by atoms with E-state index in [2.05, 4.69) is 10.2 Å². The fourth-order valence-corrected chi connectivity index (χ4v) is 1.96. The number of rotatable bonds is 3. The molecule has 5 heteroatoms. The highest BCUT2D eigenvalue weighted by Crippen LogP contribution is 2.23. The molecule has 0 saturated heterocycles. The van der Waals surface area contributed by atoms with Crippen LogP contribution in [0.25, 0.3) is 0 Å². The van der Waals surface area contributed by atoms with Crippen molar-refractivity contribution in [1.82, 2.24) is 10.2 Å². The molecule has 0 aliphatic rings. The van der Waals surface area contributed by atoms with E-state index in [9.17, 15) is 8.78 Å². The van der Waals surface area contributed by atoms with Crippen LogP contribution in [0.2, 0.25) is 0 Å². The zero-order chi connectivity index (χ0) is 14.0. The molecule has 0 spiro atoms. The van der Waals surface area contributed by atoms with E-state index in [1.165, 1.54) is 6.07 Å². The first-order valence-corrected chi connectivity index (χ1v) is 6.06. The molecular formula is C14H15F2N3. The van der Waals surface area contributed by atoms with Crippen molar-refractivity contribution in [3.8, 4) is 0 Å². The molecule has 1 aromatic carbocycles. The van der Waals surface area contributed by atoms with Gasteiger partial charge in [0.2, 0.25) is 0 Å². The van der Waals surface area contributed by atoms with Crippen LogP contribution >= 0.6 is 0 Å². The number of hydrogen-bond acceptors (Lipinski definition) is 3. The van der Waals surface area contributed by atoms with Crippen molar-refractivity contribution in [1.29, 1.82) is 0 Å². The van der Waals surface area contributed by atoms with E-state index >= 15 is 0 Å². The minimum absolute atomic E-state index is 0.515. The molecule has 3 nitrogen and oxygen atoms in total. The van der Waals surface area contributed by atoms with Crippen LogP contribution in [0.4, 0.5) is 8.78 Å². The maximum absolute atomic E-state index is 13.3. The van der Waals surface area contributed by atoms with Crippen LogP contribution in [0.3, 0.4) is 0 Å². The number of aryl methyl sites for hydroxylation is 2. The van der Waals surface area contributed by atoms with Gasteiger partial charge in [0, 0.05) is 0 Å². The molecule has 2 rings (SSSR count). The normalized spacial score (nSPS) is 12.5. The molecule has 1 aromatic heterocycles. The topological polar surface area (TPSA) is 51.8 Å². The molecular weight excluding hydrogens is 248 g/mol. The van der Waals surface area contributed by atoms with Gasteiger partial charge in [-0.25, -0.2) is 8.78 Å². The zero-order valence-corrected chi connectivity index (χ0v) is 10.8. The van der Waals surface area contributed by atoms with Crippen LogP contribution in [-0.2, 0) is 6.42 Å². The van der Waals surface area contributed by atoms with Crippen LogP contribution in [0, 0.1) is 18.6 Å². The molecule has 0 amide bonds. The van der Waals surface area contributed by atoms with Gasteiger partial charge in [-0.15, -0.1) is 0 Å². The second-order valence-corrected chi connectivity index (χ2v) is 4.39. The lowest BCUT2D eigenvalue weighted by Gasteiger charge is -2.16. The first kappa shape index (κ1) is 13.5. The number of nitrogens with zero attached hydrogens (tertiary/aromatic N) is 2. The molecule has 1 unspecified atom stereocenters. The Kier molecular flexibility index (Phi) is 3.85. The van der Waals surface area contributed by atoms with Crippen molar-refractivity contribution in [3.05, 3.63) is 58.4 Å². The van der Waals surface area contributed by atoms with E-state index < -0.39 is 17.7 Å². The lowest BCUT2D eigenvalue weighted by atomic mass is 9.97. The Bertz CT molecular complexity index is 599. The number of halogens is 2. The van der Waals surface area contributed by atoms with E-state index in [0.29, 0.717) is 12.0 Å². The van der Waals surface area contributed by atoms with Gasteiger partial charge in [0.05, 0.1) is 17.4 Å². The Morgan fingerprint density at radius 1 is 1.16 bits per heavy atom. The largest absolute Gasteiger partial charge is 0.320 e. The molecule has 100 valence electrons. The van der Waals surface area contributed by atoms with Gasteiger partial charge in [-0.3, -0.25) is 0 Å². The molecule has 1 heterocycles. The molecule has 0 radical (unpaired) electrons. The van der Waals surface area contributed by atoms with E-state index in [0.717, 1.165) is 29.1 Å². The summed E-state index contributed by atoms with van der Waals surface area (Å²) in [5.41, 5.74) is 8.94. The number of hydrogen-bond donors (Lipinski definition) is 1. The lowest BCUT2D eigenvalue weighted by Crippen LogP contribution is -2.16. The number of aromatic nitrogens is 2. The van der Waals surface area contributed by atoms with Crippen molar-refractivity contribution >= 4 is 0 Å². The van der Waals surface area contributed by atoms with Crippen molar-refractivity contribution in [2.75, 3.05) is 0 Å². The average molecular weight is 263 g/mol. The summed E-state index contributed by atoms with van der Waals surface area (Å²) in [6, 6.07) is 4.97. The third-order valence-electron chi connectivity index (χ3n) is 3.00. The molecule has 1 atom stereocenters. The van der Waals surface area contributed by atoms with Gasteiger partial charge in [-0.2, -0.15) is 10.2 Å². The van der Waals surface area contributed by atoms with Crippen molar-refractivity contribution in [3.63, 3.8) is 0 Å². The summed E-state index contributed by atoms with van der Waals surface area (Å²) < 4.78 is 26.2. The molecule has 19 heavy (non-hydrogen) atoms. The monoisotopic (exact) mass is 263 g/mol. The number of benzene rings is 1. The van der Waals surface area contributed by atoms with Crippen LogP contribution in [0.1, 0.15) is 35.5 Å². The molecule has 0 aliphatic carbocycles. The number of nitrogens with two attached hydrogens (primary N) is 1. The lowest BCUT2D eigenvalue weighted by molar-refractivity contribution is 0.506. The summed E-state index contributed by atoms with van der Waals surface area (Å²) in [5, 5.41) is 8.06. The van der Waals surface area contributed by atoms with Crippen LogP contribution < -0.4 is 5.73 Å². The summed E-state index contributed by atoms with van der Waals surface area (Å²) in [5.74, 6) is -1.78. The third-order valence-corrected chi connectivity index (χ3v) is 3.00. The highest BCUT2D eigenvalue weighted by Gasteiger charge is 2.16. The van der Waals surface area contributed by atoms with Crippen LogP contribution in [0.15, 0.2) is 24.3 Å². The van der Waals surface area contributed by atoms with Crippen molar-refractivity contribution < 1.29 is 8.78 Å². The van der Waals surface area contributed by atoms with Gasteiger partial charge in [0.15, 0.2) is 11.6 Å². The van der Waals surface area contributed by atoms with E-state index in [1.807, 2.05) is 19.9 Å². The Balaban J connectivity index is 2.45. The highest BCUT2D eigenvalue weighted by atomic mass is 19.2. The molecule has 0 bridgehead atoms. The molecule has 0 fully saturated rings. The summed E-state index contributed by atoms with van der Waals surface area (Å²) in [6.45, 7) is 3.76. The van der Waals surface area contributed by atoms with Gasteiger partial charge in [-0.1, -0.05) is 13.0 Å². The SMILES string of the molecule is CCc1nnc(C)cc1C(N)c1ccc(F)c(F)c1. The standard InChI is InChI=1S/C14H15F2N3/c1-3-13-10(6-8(2)18-19-13)14(17)9-4-5-11(15)12(16)7-9/h4-7,14H,3,17H2,1-2H3. The van der Waals surface area contributed by atoms with Crippen molar-refractivity contribution in [2.24, 2.45) is 5.73 Å². The fraction of sp³-hybridized carbons (Fsp3) is 0.286. The second-order valence-electron chi connectivity index (χ2n) is 4.39. The maximum Gasteiger partial charge on any atom is 0.159 e. The highest BCUT2D eigenvalue weighted by molar-refractivity contribution is 5.34. The molecule has 0 aliphatic heterocycles. The van der Waals surface area contributed by atoms with Gasteiger partial charge >= 0.3 is 0 Å². The zero-order valence-electron chi connectivity index (χ0n) is 10.8. The Hall–Kier alpha value is -1.88. The van der Waals surface area contributed by atoms with Gasteiger partial charge < -0.3 is 5.73 Å². The first-order chi connectivity index (χ1) is 9.02. The van der Waals surface area contributed by atoms with Gasteiger partial charge in [0.25, 0.3) is 0 Å². The summed E-state index contributed by atoms with van der Waals surface area (Å²) in [7, 11) is 0. The summed E-state index contributed by atoms with van der Waals surface area (Å²) >= 11 is 0. The Morgan fingerprint density at radius 3 is 2.53 bits per heavy atom. The predicted octanol–water partition coefficient (Wildman–Crippen LogP) is 2.67. The second kappa shape index (κ2) is 5.40. The van der Waals surface area contributed by atoms with Crippen LogP contribution in [0.5, 0.6) is 0 Å².